The van der Waals surface area contributed by atoms with Gasteiger partial charge >= 0.3 is 6.18 Å². The van der Waals surface area contributed by atoms with E-state index in [1.54, 1.807) is 12.1 Å². The van der Waals surface area contributed by atoms with Crippen LogP contribution in [0.4, 0.5) is 13.2 Å². The summed E-state index contributed by atoms with van der Waals surface area (Å²) in [4.78, 5) is 4.16. The van der Waals surface area contributed by atoms with Gasteiger partial charge in [-0.3, -0.25) is 4.98 Å². The van der Waals surface area contributed by atoms with Crippen LogP contribution in [0.25, 0.3) is 11.1 Å². The molecule has 3 nitrogen and oxygen atoms in total. The number of fused-ring (bicyclic) bond motifs is 1. The van der Waals surface area contributed by atoms with Crippen LogP contribution >= 0.6 is 0 Å². The molecule has 112 valence electrons. The molecule has 1 aliphatic rings. The molecule has 3 rings (SSSR count). The van der Waals surface area contributed by atoms with Crippen molar-refractivity contribution in [2.24, 2.45) is 0 Å². The minimum Gasteiger partial charge on any atom is -0.491 e. The van der Waals surface area contributed by atoms with Gasteiger partial charge in [0.1, 0.15) is 11.4 Å². The van der Waals surface area contributed by atoms with Crippen LogP contribution in [0, 0.1) is 11.3 Å². The average Bonchev–Trinajstić information content (AvgIpc) is 2.53. The molecule has 1 aliphatic heterocycles. The van der Waals surface area contributed by atoms with Crippen molar-refractivity contribution >= 4 is 0 Å². The molecule has 1 unspecified atom stereocenters. The second kappa shape index (κ2) is 5.34. The Morgan fingerprint density at radius 1 is 1.27 bits per heavy atom. The number of hydrogen-bond donors (Lipinski definition) is 0. The molecule has 0 radical (unpaired) electrons. The number of nitrogens with zero attached hydrogens (tertiary/aromatic N) is 2. The van der Waals surface area contributed by atoms with Gasteiger partial charge in [0.15, 0.2) is 0 Å². The average molecular weight is 304 g/mol. The molecule has 1 atom stereocenters. The van der Waals surface area contributed by atoms with Crippen LogP contribution in [0.5, 0.6) is 5.75 Å². The summed E-state index contributed by atoms with van der Waals surface area (Å²) in [5, 5.41) is 9.16. The molecule has 0 N–H and O–H groups in total. The summed E-state index contributed by atoms with van der Waals surface area (Å²) < 4.78 is 44.1. The number of alkyl halides is 3. The summed E-state index contributed by atoms with van der Waals surface area (Å²) in [7, 11) is 0. The topological polar surface area (TPSA) is 45.9 Å². The van der Waals surface area contributed by atoms with E-state index < -0.39 is 17.7 Å². The number of halogens is 3. The molecule has 0 aliphatic carbocycles. The minimum atomic E-state index is -4.40. The number of nitriles is 1. The molecule has 0 saturated heterocycles. The second-order valence-corrected chi connectivity index (χ2v) is 4.97. The Kier molecular flexibility index (Phi) is 3.49. The molecule has 0 amide bonds. The van der Waals surface area contributed by atoms with Crippen molar-refractivity contribution in [3.8, 4) is 22.9 Å². The maximum atomic E-state index is 12.9. The Balaban J connectivity index is 2.13. The molecular formula is C16H11F3N2O. The maximum Gasteiger partial charge on any atom is 0.416 e. The molecule has 0 bridgehead atoms. The van der Waals surface area contributed by atoms with E-state index in [1.807, 2.05) is 0 Å². The Labute approximate surface area is 125 Å². The van der Waals surface area contributed by atoms with Crippen molar-refractivity contribution in [3.05, 3.63) is 47.8 Å². The summed E-state index contributed by atoms with van der Waals surface area (Å²) in [5.74, 6) is 0.00845. The highest BCUT2D eigenvalue weighted by atomic mass is 19.4. The smallest absolute Gasteiger partial charge is 0.416 e. The van der Waals surface area contributed by atoms with Crippen molar-refractivity contribution in [2.45, 2.75) is 18.5 Å². The maximum absolute atomic E-state index is 12.9. The van der Waals surface area contributed by atoms with Gasteiger partial charge in [0, 0.05) is 18.2 Å². The van der Waals surface area contributed by atoms with E-state index in [0.29, 0.717) is 35.6 Å². The number of rotatable bonds is 1. The third kappa shape index (κ3) is 2.50. The monoisotopic (exact) mass is 304 g/mol. The Morgan fingerprint density at radius 2 is 2.09 bits per heavy atom. The lowest BCUT2D eigenvalue weighted by Crippen LogP contribution is -2.15. The highest BCUT2D eigenvalue weighted by molar-refractivity contribution is 5.72. The van der Waals surface area contributed by atoms with Crippen molar-refractivity contribution < 1.29 is 17.9 Å². The summed E-state index contributed by atoms with van der Waals surface area (Å²) in [6.07, 6.45) is -2.38. The number of hydrogen-bond acceptors (Lipinski definition) is 3. The van der Waals surface area contributed by atoms with Crippen molar-refractivity contribution in [1.29, 1.82) is 5.26 Å². The summed E-state index contributed by atoms with van der Waals surface area (Å²) in [5.41, 5.74) is 0.690. The standard InChI is InChI=1S/C16H11F3N2O/c17-16(18,19)12-3-1-2-10(8-12)13-4-6-21-14-11(9-20)5-7-22-15(13)14/h1-4,6,8,11H,5,7H2. The van der Waals surface area contributed by atoms with Crippen LogP contribution < -0.4 is 4.74 Å². The highest BCUT2D eigenvalue weighted by Crippen LogP contribution is 2.40. The van der Waals surface area contributed by atoms with E-state index in [1.165, 1.54) is 12.3 Å². The normalized spacial score (nSPS) is 17.3. The second-order valence-electron chi connectivity index (χ2n) is 4.97. The van der Waals surface area contributed by atoms with Gasteiger partial charge in [-0.2, -0.15) is 18.4 Å². The van der Waals surface area contributed by atoms with Gasteiger partial charge < -0.3 is 4.74 Å². The molecule has 0 saturated carbocycles. The van der Waals surface area contributed by atoms with E-state index >= 15 is 0 Å². The Hall–Kier alpha value is -2.55. The van der Waals surface area contributed by atoms with Crippen molar-refractivity contribution in [3.63, 3.8) is 0 Å². The minimum absolute atomic E-state index is 0.350. The number of aromatic nitrogens is 1. The van der Waals surface area contributed by atoms with Gasteiger partial charge in [-0.1, -0.05) is 12.1 Å². The van der Waals surface area contributed by atoms with Gasteiger partial charge in [0.05, 0.1) is 24.2 Å². The fourth-order valence-corrected chi connectivity index (χ4v) is 2.50. The number of benzene rings is 1. The fraction of sp³-hybridized carbons (Fsp3) is 0.250. The predicted molar refractivity (Wildman–Crippen MR) is 73.1 cm³/mol. The fourth-order valence-electron chi connectivity index (χ4n) is 2.50. The van der Waals surface area contributed by atoms with Gasteiger partial charge in [-0.15, -0.1) is 0 Å². The summed E-state index contributed by atoms with van der Waals surface area (Å²) in [6.45, 7) is 0.350. The SMILES string of the molecule is N#CC1CCOc2c(-c3cccc(C(F)(F)F)c3)ccnc21. The molecule has 1 aromatic carbocycles. The first-order chi connectivity index (χ1) is 10.5. The molecule has 0 spiro atoms. The van der Waals surface area contributed by atoms with Crippen molar-refractivity contribution in [2.75, 3.05) is 6.61 Å². The van der Waals surface area contributed by atoms with E-state index in [9.17, 15) is 13.2 Å². The van der Waals surface area contributed by atoms with Crippen LogP contribution in [0.15, 0.2) is 36.5 Å². The number of pyridine rings is 1. The van der Waals surface area contributed by atoms with Crippen LogP contribution in [0.3, 0.4) is 0 Å². The lowest BCUT2D eigenvalue weighted by Gasteiger charge is -2.23. The first-order valence-electron chi connectivity index (χ1n) is 6.69. The third-order valence-electron chi connectivity index (χ3n) is 3.57. The number of ether oxygens (including phenoxy) is 1. The zero-order valence-corrected chi connectivity index (χ0v) is 11.4. The van der Waals surface area contributed by atoms with Crippen LogP contribution in [-0.4, -0.2) is 11.6 Å². The van der Waals surface area contributed by atoms with Crippen LogP contribution in [0.2, 0.25) is 0 Å². The Morgan fingerprint density at radius 3 is 2.82 bits per heavy atom. The van der Waals surface area contributed by atoms with Crippen LogP contribution in [-0.2, 0) is 6.18 Å². The lowest BCUT2D eigenvalue weighted by molar-refractivity contribution is -0.137. The van der Waals surface area contributed by atoms with E-state index in [4.69, 9.17) is 10.00 Å². The lowest BCUT2D eigenvalue weighted by atomic mass is 9.95. The van der Waals surface area contributed by atoms with E-state index in [0.717, 1.165) is 12.1 Å². The third-order valence-corrected chi connectivity index (χ3v) is 3.57. The summed E-state index contributed by atoms with van der Waals surface area (Å²) in [6, 6.07) is 8.80. The molecular weight excluding hydrogens is 293 g/mol. The summed E-state index contributed by atoms with van der Waals surface area (Å²) >= 11 is 0. The Bertz CT molecular complexity index is 750. The molecule has 2 heterocycles. The largest absolute Gasteiger partial charge is 0.491 e. The van der Waals surface area contributed by atoms with Gasteiger partial charge in [0.2, 0.25) is 0 Å². The highest BCUT2D eigenvalue weighted by Gasteiger charge is 2.31. The van der Waals surface area contributed by atoms with E-state index in [-0.39, 0.29) is 0 Å². The molecule has 1 aromatic heterocycles. The molecule has 2 aromatic rings. The van der Waals surface area contributed by atoms with Gasteiger partial charge in [-0.25, -0.2) is 0 Å². The van der Waals surface area contributed by atoms with Gasteiger partial charge in [-0.05, 0) is 23.8 Å². The first kappa shape index (κ1) is 14.4. The van der Waals surface area contributed by atoms with Crippen molar-refractivity contribution in [1.82, 2.24) is 4.98 Å². The van der Waals surface area contributed by atoms with Crippen LogP contribution in [0.1, 0.15) is 23.6 Å². The molecule has 0 fully saturated rings. The molecule has 6 heteroatoms. The zero-order valence-electron chi connectivity index (χ0n) is 11.4. The quantitative estimate of drug-likeness (QED) is 0.795. The van der Waals surface area contributed by atoms with E-state index in [2.05, 4.69) is 11.1 Å². The van der Waals surface area contributed by atoms with Gasteiger partial charge in [0.25, 0.3) is 0 Å². The molecule has 22 heavy (non-hydrogen) atoms. The first-order valence-corrected chi connectivity index (χ1v) is 6.69. The zero-order chi connectivity index (χ0) is 15.7. The predicted octanol–water partition coefficient (Wildman–Crippen LogP) is 4.16.